The third-order valence-corrected chi connectivity index (χ3v) is 5.18. The molecule has 20 heavy (non-hydrogen) atoms. The number of rotatable bonds is 2. The lowest BCUT2D eigenvalue weighted by Crippen LogP contribution is -2.36. The zero-order valence-electron chi connectivity index (χ0n) is 11.0. The van der Waals surface area contributed by atoms with Crippen LogP contribution >= 0.6 is 22.6 Å². The summed E-state index contributed by atoms with van der Waals surface area (Å²) in [6, 6.07) is 9.30. The number of hydrogen-bond acceptors (Lipinski definition) is 2. The highest BCUT2D eigenvalue weighted by atomic mass is 127. The van der Waals surface area contributed by atoms with Crippen molar-refractivity contribution in [3.05, 3.63) is 35.9 Å². The molecule has 1 aliphatic heterocycles. The number of likely N-dealkylation sites (tertiary alicyclic amines) is 1. The molecule has 0 spiro atoms. The number of hydrogen-bond donors (Lipinski definition) is 0. The van der Waals surface area contributed by atoms with Crippen LogP contribution in [-0.2, 0) is 11.3 Å². The third kappa shape index (κ3) is 2.92. The zero-order chi connectivity index (χ0) is 14.1. The fraction of sp³-hybridized carbons (Fsp3) is 0.533. The molecule has 1 heterocycles. The summed E-state index contributed by atoms with van der Waals surface area (Å²) in [5.74, 6) is 0.0173. The van der Waals surface area contributed by atoms with Crippen LogP contribution in [0.2, 0.25) is 0 Å². The number of carbonyl (C=O) groups is 1. The first-order chi connectivity index (χ1) is 9.66. The van der Waals surface area contributed by atoms with Crippen molar-refractivity contribution in [3.8, 4) is 0 Å². The molecule has 1 aromatic rings. The number of fused-ring (bicyclic) bond motifs is 1. The molecule has 2 fully saturated rings. The Kier molecular flexibility index (Phi) is 4.14. The summed E-state index contributed by atoms with van der Waals surface area (Å²) in [5.41, 5.74) is 0.951. The van der Waals surface area contributed by atoms with E-state index < -0.39 is 6.17 Å². The van der Waals surface area contributed by atoms with Crippen molar-refractivity contribution < 1.29 is 13.9 Å². The number of alkyl halides is 2. The Bertz CT molecular complexity index is 484. The molecule has 1 saturated carbocycles. The van der Waals surface area contributed by atoms with E-state index in [1.807, 2.05) is 30.3 Å². The van der Waals surface area contributed by atoms with E-state index in [9.17, 15) is 9.18 Å². The maximum absolute atomic E-state index is 13.8. The molecule has 1 aliphatic carbocycles. The largest absolute Gasteiger partial charge is 0.445 e. The molecule has 4 unspecified atom stereocenters. The predicted molar refractivity (Wildman–Crippen MR) is 82.5 cm³/mol. The van der Waals surface area contributed by atoms with Crippen molar-refractivity contribution in [2.24, 2.45) is 5.92 Å². The number of benzene rings is 1. The number of carbonyl (C=O) groups excluding carboxylic acids is 1. The SMILES string of the molecule is O=C(OCc1ccccc1)N1CCC(I)CC2C(F)C21. The minimum Gasteiger partial charge on any atom is -0.445 e. The van der Waals surface area contributed by atoms with Gasteiger partial charge in [-0.3, -0.25) is 0 Å². The van der Waals surface area contributed by atoms with Crippen LogP contribution in [0.25, 0.3) is 0 Å². The average molecular weight is 389 g/mol. The first-order valence-electron chi connectivity index (χ1n) is 6.92. The molecule has 0 bridgehead atoms. The second-order valence-corrected chi connectivity index (χ2v) is 7.22. The maximum Gasteiger partial charge on any atom is 0.410 e. The Hall–Kier alpha value is -0.850. The van der Waals surface area contributed by atoms with Crippen molar-refractivity contribution in [1.82, 2.24) is 4.90 Å². The van der Waals surface area contributed by atoms with Crippen LogP contribution in [0.15, 0.2) is 30.3 Å². The molecule has 108 valence electrons. The molecule has 5 heteroatoms. The third-order valence-electron chi connectivity index (χ3n) is 4.04. The summed E-state index contributed by atoms with van der Waals surface area (Å²) in [7, 11) is 0. The average Bonchev–Trinajstić information content (AvgIpc) is 3.12. The van der Waals surface area contributed by atoms with Crippen LogP contribution in [0.1, 0.15) is 18.4 Å². The van der Waals surface area contributed by atoms with Crippen LogP contribution in [0.5, 0.6) is 0 Å². The van der Waals surface area contributed by atoms with Gasteiger partial charge in [-0.25, -0.2) is 9.18 Å². The Labute approximate surface area is 131 Å². The van der Waals surface area contributed by atoms with E-state index in [2.05, 4.69) is 22.6 Å². The molecule has 3 rings (SSSR count). The Morgan fingerprint density at radius 1 is 1.40 bits per heavy atom. The molecular weight excluding hydrogens is 372 g/mol. The lowest BCUT2D eigenvalue weighted by molar-refractivity contribution is 0.0905. The van der Waals surface area contributed by atoms with Gasteiger partial charge in [0.15, 0.2) is 0 Å². The number of nitrogens with zero attached hydrogens (tertiary/aromatic N) is 1. The zero-order valence-corrected chi connectivity index (χ0v) is 13.2. The molecule has 1 aromatic carbocycles. The number of amides is 1. The monoisotopic (exact) mass is 389 g/mol. The highest BCUT2D eigenvalue weighted by molar-refractivity contribution is 14.1. The van der Waals surface area contributed by atoms with E-state index in [4.69, 9.17) is 4.74 Å². The predicted octanol–water partition coefficient (Wildman–Crippen LogP) is 3.56. The first-order valence-corrected chi connectivity index (χ1v) is 8.17. The summed E-state index contributed by atoms with van der Waals surface area (Å²) in [6.45, 7) is 0.848. The Morgan fingerprint density at radius 3 is 2.90 bits per heavy atom. The van der Waals surface area contributed by atoms with Gasteiger partial charge in [0, 0.05) is 16.4 Å². The molecule has 2 aliphatic rings. The van der Waals surface area contributed by atoms with Gasteiger partial charge in [-0.2, -0.15) is 0 Å². The summed E-state index contributed by atoms with van der Waals surface area (Å²) in [4.78, 5) is 13.7. The molecule has 1 amide bonds. The quantitative estimate of drug-likeness (QED) is 0.572. The van der Waals surface area contributed by atoms with E-state index in [1.54, 1.807) is 4.90 Å². The second-order valence-electron chi connectivity index (χ2n) is 5.45. The van der Waals surface area contributed by atoms with Crippen molar-refractivity contribution in [1.29, 1.82) is 0 Å². The Morgan fingerprint density at radius 2 is 2.15 bits per heavy atom. The molecule has 4 atom stereocenters. The van der Waals surface area contributed by atoms with Crippen molar-refractivity contribution in [2.75, 3.05) is 6.54 Å². The van der Waals surface area contributed by atoms with E-state index >= 15 is 0 Å². The van der Waals surface area contributed by atoms with Gasteiger partial charge < -0.3 is 9.64 Å². The van der Waals surface area contributed by atoms with Gasteiger partial charge in [0.25, 0.3) is 0 Å². The summed E-state index contributed by atoms with van der Waals surface area (Å²) >= 11 is 2.35. The fourth-order valence-electron chi connectivity index (χ4n) is 2.84. The van der Waals surface area contributed by atoms with E-state index in [-0.39, 0.29) is 24.7 Å². The summed E-state index contributed by atoms with van der Waals surface area (Å²) < 4.78 is 19.5. The minimum atomic E-state index is -0.864. The fourth-order valence-corrected chi connectivity index (χ4v) is 3.71. The van der Waals surface area contributed by atoms with E-state index in [0.29, 0.717) is 10.5 Å². The highest BCUT2D eigenvalue weighted by Crippen LogP contribution is 2.46. The van der Waals surface area contributed by atoms with Crippen molar-refractivity contribution in [2.45, 2.75) is 35.6 Å². The van der Waals surface area contributed by atoms with Gasteiger partial charge in [-0.15, -0.1) is 0 Å². The van der Waals surface area contributed by atoms with Gasteiger partial charge >= 0.3 is 6.09 Å². The van der Waals surface area contributed by atoms with Gasteiger partial charge in [0.05, 0.1) is 6.04 Å². The lowest BCUT2D eigenvalue weighted by Gasteiger charge is -2.21. The topological polar surface area (TPSA) is 29.5 Å². The van der Waals surface area contributed by atoms with Gasteiger partial charge in [0.2, 0.25) is 0 Å². The minimum absolute atomic E-state index is 0.0173. The molecule has 0 radical (unpaired) electrons. The molecule has 0 N–H and O–H groups in total. The molecule has 1 saturated heterocycles. The molecular formula is C15H17FINO2. The van der Waals surface area contributed by atoms with Crippen LogP contribution in [0, 0.1) is 5.92 Å². The van der Waals surface area contributed by atoms with E-state index in [1.165, 1.54) is 0 Å². The molecule has 3 nitrogen and oxygen atoms in total. The molecule has 0 aromatic heterocycles. The van der Waals surface area contributed by atoms with Crippen molar-refractivity contribution in [3.63, 3.8) is 0 Å². The van der Waals surface area contributed by atoms with Crippen LogP contribution in [-0.4, -0.2) is 33.7 Å². The normalized spacial score (nSPS) is 32.2. The summed E-state index contributed by atoms with van der Waals surface area (Å²) in [5, 5.41) is 0. The van der Waals surface area contributed by atoms with Crippen LogP contribution < -0.4 is 0 Å². The Balaban J connectivity index is 1.59. The van der Waals surface area contributed by atoms with Gasteiger partial charge in [0.1, 0.15) is 12.8 Å². The lowest BCUT2D eigenvalue weighted by atomic mass is 10.2. The maximum atomic E-state index is 13.8. The first kappa shape index (κ1) is 14.1. The van der Waals surface area contributed by atoms with Crippen LogP contribution in [0.4, 0.5) is 9.18 Å². The van der Waals surface area contributed by atoms with Crippen LogP contribution in [0.3, 0.4) is 0 Å². The van der Waals surface area contributed by atoms with E-state index in [0.717, 1.165) is 18.4 Å². The standard InChI is InChI=1S/C15H17FINO2/c16-13-12-8-11(17)6-7-18(14(12)13)15(19)20-9-10-4-2-1-3-5-10/h1-5,11-14H,6-9H2. The number of halogens is 2. The summed E-state index contributed by atoms with van der Waals surface area (Å²) in [6.07, 6.45) is 0.543. The van der Waals surface area contributed by atoms with Gasteiger partial charge in [-0.05, 0) is 18.4 Å². The number of ether oxygens (including phenoxy) is 1. The van der Waals surface area contributed by atoms with Crippen molar-refractivity contribution >= 4 is 28.7 Å². The van der Waals surface area contributed by atoms with Gasteiger partial charge in [-0.1, -0.05) is 52.9 Å². The highest BCUT2D eigenvalue weighted by Gasteiger charge is 2.57. The smallest absolute Gasteiger partial charge is 0.410 e. The second kappa shape index (κ2) is 5.87.